The quantitative estimate of drug-likeness (QED) is 0.569. The Kier molecular flexibility index (Phi) is 5.14. The van der Waals surface area contributed by atoms with E-state index in [0.29, 0.717) is 51.5 Å². The number of nitrogens with zero attached hydrogens (tertiary/aromatic N) is 4. The topological polar surface area (TPSA) is 79.0 Å². The number of carbonyl (C=O) groups excluding carboxylic acids is 1. The first-order valence-electron chi connectivity index (χ1n) is 10.7. The minimum Gasteiger partial charge on any atom is -0.305 e. The highest BCUT2D eigenvalue weighted by molar-refractivity contribution is 6.30. The summed E-state index contributed by atoms with van der Waals surface area (Å²) in [4.78, 5) is 33.2. The maximum atomic E-state index is 13.6. The van der Waals surface area contributed by atoms with E-state index in [0.717, 1.165) is 0 Å². The first-order valence-corrected chi connectivity index (χ1v) is 11.1. The maximum absolute atomic E-state index is 13.6. The maximum Gasteiger partial charge on any atom is 0.277 e. The Balaban J connectivity index is 2.16. The second-order valence-corrected chi connectivity index (χ2v) is 9.51. The van der Waals surface area contributed by atoms with E-state index < -0.39 is 11.0 Å². The van der Waals surface area contributed by atoms with Gasteiger partial charge in [-0.1, -0.05) is 25.4 Å². The number of benzene rings is 2. The molecule has 3 aromatic rings. The van der Waals surface area contributed by atoms with Crippen molar-refractivity contribution in [3.05, 3.63) is 63.0 Å². The lowest BCUT2D eigenvalue weighted by Crippen LogP contribution is -2.48. The average molecular weight is 449 g/mol. The van der Waals surface area contributed by atoms with E-state index in [1.807, 2.05) is 46.8 Å². The summed E-state index contributed by atoms with van der Waals surface area (Å²) in [5, 5.41) is 10.7. The zero-order chi connectivity index (χ0) is 23.4. The molecule has 7 heteroatoms. The largest absolute Gasteiger partial charge is 0.305 e. The second-order valence-electron chi connectivity index (χ2n) is 9.07. The van der Waals surface area contributed by atoms with E-state index in [4.69, 9.17) is 11.6 Å². The molecule has 2 heterocycles. The molecule has 164 valence electrons. The molecule has 0 saturated carbocycles. The predicted octanol–water partition coefficient (Wildman–Crippen LogP) is 4.92. The zero-order valence-electron chi connectivity index (χ0n) is 18.9. The highest BCUT2D eigenvalue weighted by Gasteiger charge is 2.53. The number of carbonyl (C=O) groups is 1. The van der Waals surface area contributed by atoms with Crippen LogP contribution >= 0.6 is 11.6 Å². The fraction of sp³-hybridized carbons (Fsp3) is 0.360. The molecule has 1 unspecified atom stereocenters. The van der Waals surface area contributed by atoms with Gasteiger partial charge in [0.25, 0.3) is 11.5 Å². The van der Waals surface area contributed by atoms with Crippen LogP contribution in [0.1, 0.15) is 52.3 Å². The third-order valence-electron chi connectivity index (χ3n) is 6.12. The summed E-state index contributed by atoms with van der Waals surface area (Å²) in [6, 6.07) is 13.0. The number of halogens is 1. The molecule has 0 saturated heterocycles. The van der Waals surface area contributed by atoms with Crippen LogP contribution in [0.15, 0.2) is 41.2 Å². The zero-order valence-corrected chi connectivity index (χ0v) is 19.6. The van der Waals surface area contributed by atoms with E-state index >= 15 is 0 Å². The molecule has 32 heavy (non-hydrogen) atoms. The van der Waals surface area contributed by atoms with Gasteiger partial charge in [0.05, 0.1) is 22.8 Å². The molecule has 0 N–H and O–H groups in total. The van der Waals surface area contributed by atoms with Crippen LogP contribution in [0.3, 0.4) is 0 Å². The van der Waals surface area contributed by atoms with Crippen LogP contribution in [-0.4, -0.2) is 21.0 Å². The van der Waals surface area contributed by atoms with Crippen LogP contribution in [-0.2, 0) is 16.6 Å². The molecule has 6 nitrogen and oxygen atoms in total. The molecule has 0 bridgehead atoms. The van der Waals surface area contributed by atoms with Gasteiger partial charge in [-0.25, -0.2) is 4.98 Å². The number of amides is 1. The van der Waals surface area contributed by atoms with Gasteiger partial charge in [0.15, 0.2) is 5.41 Å². The average Bonchev–Trinajstić information content (AvgIpc) is 3.00. The van der Waals surface area contributed by atoms with Crippen molar-refractivity contribution in [1.82, 2.24) is 9.55 Å². The van der Waals surface area contributed by atoms with Crippen molar-refractivity contribution >= 4 is 34.2 Å². The van der Waals surface area contributed by atoms with Gasteiger partial charge in [-0.05, 0) is 70.0 Å². The fourth-order valence-corrected chi connectivity index (χ4v) is 4.61. The standard InChI is InChI=1S/C25H25ClN4O2/c1-6-18-22(31)29(16-10-8-15(26)9-11-16)21-13-20-17(12-19(21)28-18)25(7-2,14-27)23(32)30(20)24(3,4)5/h8-13H,6-7H2,1-5H3. The highest BCUT2D eigenvalue weighted by atomic mass is 35.5. The monoisotopic (exact) mass is 448 g/mol. The summed E-state index contributed by atoms with van der Waals surface area (Å²) in [5.41, 5.74) is 1.50. The molecule has 2 aromatic carbocycles. The van der Waals surface area contributed by atoms with Crippen molar-refractivity contribution in [2.24, 2.45) is 0 Å². The van der Waals surface area contributed by atoms with Gasteiger partial charge < -0.3 is 4.90 Å². The van der Waals surface area contributed by atoms with Crippen molar-refractivity contribution in [2.45, 2.75) is 58.4 Å². The number of hydrogen-bond donors (Lipinski definition) is 0. The Morgan fingerprint density at radius 2 is 1.78 bits per heavy atom. The van der Waals surface area contributed by atoms with Crippen molar-refractivity contribution in [2.75, 3.05) is 4.90 Å². The number of aryl methyl sites for hydroxylation is 1. The lowest BCUT2D eigenvalue weighted by Gasteiger charge is -2.33. The molecule has 0 radical (unpaired) electrons. The van der Waals surface area contributed by atoms with Gasteiger partial charge in [0.2, 0.25) is 0 Å². The highest BCUT2D eigenvalue weighted by Crippen LogP contribution is 2.48. The summed E-state index contributed by atoms with van der Waals surface area (Å²) in [5.74, 6) is -0.239. The van der Waals surface area contributed by atoms with Gasteiger partial charge >= 0.3 is 0 Å². The molecule has 0 spiro atoms. The molecule has 1 aromatic heterocycles. The lowest BCUT2D eigenvalue weighted by atomic mass is 9.80. The van der Waals surface area contributed by atoms with Gasteiger partial charge in [-0.3, -0.25) is 14.2 Å². The third-order valence-corrected chi connectivity index (χ3v) is 6.37. The van der Waals surface area contributed by atoms with E-state index in [1.54, 1.807) is 33.7 Å². The van der Waals surface area contributed by atoms with Crippen LogP contribution in [0.25, 0.3) is 16.7 Å². The SMILES string of the molecule is CCc1nc2cc3c(cc2n(-c2ccc(Cl)cc2)c1=O)N(C(C)(C)C)C(=O)C3(C#N)CC. The molecule has 0 fully saturated rings. The summed E-state index contributed by atoms with van der Waals surface area (Å²) in [7, 11) is 0. The molecular weight excluding hydrogens is 424 g/mol. The number of hydrogen-bond acceptors (Lipinski definition) is 4. The smallest absolute Gasteiger partial charge is 0.277 e. The van der Waals surface area contributed by atoms with Gasteiger partial charge in [-0.2, -0.15) is 5.26 Å². The van der Waals surface area contributed by atoms with Crippen LogP contribution in [0.4, 0.5) is 5.69 Å². The predicted molar refractivity (Wildman–Crippen MR) is 127 cm³/mol. The minimum absolute atomic E-state index is 0.212. The lowest BCUT2D eigenvalue weighted by molar-refractivity contribution is -0.122. The number of nitriles is 1. The molecule has 0 aliphatic carbocycles. The van der Waals surface area contributed by atoms with Gasteiger partial charge in [-0.15, -0.1) is 0 Å². The van der Waals surface area contributed by atoms with Crippen molar-refractivity contribution < 1.29 is 4.79 Å². The van der Waals surface area contributed by atoms with Gasteiger partial charge in [0, 0.05) is 21.8 Å². The van der Waals surface area contributed by atoms with Crippen LogP contribution in [0.5, 0.6) is 0 Å². The summed E-state index contributed by atoms with van der Waals surface area (Å²) >= 11 is 6.07. The van der Waals surface area contributed by atoms with E-state index in [1.165, 1.54) is 0 Å². The minimum atomic E-state index is -1.27. The van der Waals surface area contributed by atoms with Crippen LogP contribution in [0, 0.1) is 11.3 Å². The summed E-state index contributed by atoms with van der Waals surface area (Å²) in [6.07, 6.45) is 0.814. The van der Waals surface area contributed by atoms with Crippen LogP contribution < -0.4 is 10.5 Å². The molecule has 1 atom stereocenters. The normalized spacial score (nSPS) is 18.2. The van der Waals surface area contributed by atoms with Crippen molar-refractivity contribution in [3.8, 4) is 11.8 Å². The van der Waals surface area contributed by atoms with Crippen molar-refractivity contribution in [3.63, 3.8) is 0 Å². The van der Waals surface area contributed by atoms with Crippen LogP contribution in [0.2, 0.25) is 5.02 Å². The Labute approximate surface area is 192 Å². The molecule has 1 aliphatic heterocycles. The Bertz CT molecular complexity index is 1350. The van der Waals surface area contributed by atoms with E-state index in [-0.39, 0.29) is 11.5 Å². The van der Waals surface area contributed by atoms with Crippen molar-refractivity contribution in [1.29, 1.82) is 5.26 Å². The number of fused-ring (bicyclic) bond motifs is 2. The van der Waals surface area contributed by atoms with E-state index in [9.17, 15) is 14.9 Å². The van der Waals surface area contributed by atoms with E-state index in [2.05, 4.69) is 11.1 Å². The number of anilines is 1. The second kappa shape index (κ2) is 7.46. The first kappa shape index (κ1) is 22.0. The third kappa shape index (κ3) is 3.03. The molecule has 1 aliphatic rings. The molecule has 4 rings (SSSR count). The van der Waals surface area contributed by atoms with Gasteiger partial charge in [0.1, 0.15) is 5.69 Å². The fourth-order valence-electron chi connectivity index (χ4n) is 4.48. The Hall–Kier alpha value is -3.17. The Morgan fingerprint density at radius 1 is 1.12 bits per heavy atom. The summed E-state index contributed by atoms with van der Waals surface area (Å²) in [6.45, 7) is 9.54. The molecule has 1 amide bonds. The first-order chi connectivity index (χ1) is 15.1. The molecular formula is C25H25ClN4O2. The summed E-state index contributed by atoms with van der Waals surface area (Å²) < 4.78 is 1.61. The number of rotatable bonds is 3. The Morgan fingerprint density at radius 3 is 2.31 bits per heavy atom. The number of aromatic nitrogens is 2.